The molecule has 0 aliphatic carbocycles. The highest BCUT2D eigenvalue weighted by Crippen LogP contribution is 2.14. The van der Waals surface area contributed by atoms with Crippen molar-refractivity contribution in [2.24, 2.45) is 0 Å². The van der Waals surface area contributed by atoms with Crippen molar-refractivity contribution in [3.63, 3.8) is 0 Å². The molecule has 80 valence electrons. The van der Waals surface area contributed by atoms with Crippen molar-refractivity contribution >= 4 is 17.6 Å². The molecule has 6 heteroatoms. The number of halogens is 1. The Kier molecular flexibility index (Phi) is 2.50. The number of hydrogen-bond donors (Lipinski definition) is 2. The number of carboxylic acid groups (broad SMARTS) is 1. The van der Waals surface area contributed by atoms with Gasteiger partial charge in [-0.15, -0.1) is 0 Å². The van der Waals surface area contributed by atoms with E-state index in [4.69, 9.17) is 16.7 Å². The number of nitrogens with one attached hydrogen (secondary N) is 1. The Morgan fingerprint density at radius 3 is 3.00 bits per heavy atom. The summed E-state index contributed by atoms with van der Waals surface area (Å²) in [6, 6.07) is 1.21. The molecule has 1 aromatic rings. The van der Waals surface area contributed by atoms with E-state index in [-0.39, 0.29) is 16.1 Å². The predicted molar refractivity (Wildman–Crippen MR) is 54.4 cm³/mol. The number of nitrogens with zero attached hydrogens (tertiary/aromatic N) is 1. The van der Waals surface area contributed by atoms with Crippen LogP contribution in [0.2, 0.25) is 5.02 Å². The van der Waals surface area contributed by atoms with E-state index in [9.17, 15) is 9.59 Å². The highest BCUT2D eigenvalue weighted by molar-refractivity contribution is 6.30. The van der Waals surface area contributed by atoms with Gasteiger partial charge in [-0.25, -0.2) is 4.79 Å². The highest BCUT2D eigenvalue weighted by atomic mass is 35.5. The third-order valence-electron chi connectivity index (χ3n) is 2.39. The van der Waals surface area contributed by atoms with E-state index in [0.717, 1.165) is 0 Å². The SMILES string of the molecule is O=C(O)c1cc(Cl)c(=O)n2c1CNCC2. The van der Waals surface area contributed by atoms with Crippen molar-refractivity contribution in [2.75, 3.05) is 6.54 Å². The van der Waals surface area contributed by atoms with E-state index in [1.165, 1.54) is 10.6 Å². The number of carboxylic acids is 1. The molecule has 2 N–H and O–H groups in total. The molecule has 0 aromatic carbocycles. The Morgan fingerprint density at radius 2 is 2.33 bits per heavy atom. The fraction of sp³-hybridized carbons (Fsp3) is 0.333. The summed E-state index contributed by atoms with van der Waals surface area (Å²) < 4.78 is 1.42. The first-order valence-corrected chi connectivity index (χ1v) is 4.85. The van der Waals surface area contributed by atoms with Crippen LogP contribution >= 0.6 is 11.6 Å². The molecule has 0 radical (unpaired) electrons. The van der Waals surface area contributed by atoms with Crippen LogP contribution in [0.1, 0.15) is 16.1 Å². The summed E-state index contributed by atoms with van der Waals surface area (Å²) in [5.41, 5.74) is 0.258. The molecule has 0 fully saturated rings. The van der Waals surface area contributed by atoms with Crippen molar-refractivity contribution in [1.82, 2.24) is 9.88 Å². The van der Waals surface area contributed by atoms with Gasteiger partial charge in [0, 0.05) is 25.3 Å². The van der Waals surface area contributed by atoms with E-state index in [1.54, 1.807) is 0 Å². The Balaban J connectivity index is 2.73. The van der Waals surface area contributed by atoms with Crippen molar-refractivity contribution in [2.45, 2.75) is 13.1 Å². The van der Waals surface area contributed by atoms with E-state index >= 15 is 0 Å². The second kappa shape index (κ2) is 3.67. The molecular weight excluding hydrogens is 220 g/mol. The van der Waals surface area contributed by atoms with Crippen LogP contribution in [0.25, 0.3) is 0 Å². The van der Waals surface area contributed by atoms with Crippen molar-refractivity contribution < 1.29 is 9.90 Å². The summed E-state index contributed by atoms with van der Waals surface area (Å²) in [5.74, 6) is -1.07. The molecule has 2 rings (SSSR count). The Hall–Kier alpha value is -1.33. The van der Waals surface area contributed by atoms with Crippen molar-refractivity contribution in [1.29, 1.82) is 0 Å². The number of aromatic nitrogens is 1. The first kappa shape index (κ1) is 10.2. The molecule has 0 spiro atoms. The zero-order valence-corrected chi connectivity index (χ0v) is 8.54. The van der Waals surface area contributed by atoms with Gasteiger partial charge in [0.15, 0.2) is 0 Å². The molecule has 1 aromatic heterocycles. The summed E-state index contributed by atoms with van der Waals surface area (Å²) in [4.78, 5) is 22.5. The lowest BCUT2D eigenvalue weighted by molar-refractivity contribution is 0.0693. The number of carbonyl (C=O) groups is 1. The number of pyridine rings is 1. The van der Waals surface area contributed by atoms with Gasteiger partial charge in [0.2, 0.25) is 0 Å². The molecule has 0 saturated carbocycles. The number of rotatable bonds is 1. The normalized spacial score (nSPS) is 14.7. The predicted octanol–water partition coefficient (Wildman–Crippen LogP) is 0.303. The summed E-state index contributed by atoms with van der Waals surface area (Å²) in [5, 5.41) is 11.9. The molecule has 2 heterocycles. The van der Waals surface area contributed by atoms with Crippen LogP contribution < -0.4 is 10.9 Å². The van der Waals surface area contributed by atoms with Gasteiger partial charge in [0.25, 0.3) is 5.56 Å². The molecule has 0 saturated heterocycles. The van der Waals surface area contributed by atoms with Gasteiger partial charge < -0.3 is 15.0 Å². The minimum Gasteiger partial charge on any atom is -0.478 e. The summed E-state index contributed by atoms with van der Waals surface area (Å²) in [6.45, 7) is 1.48. The van der Waals surface area contributed by atoms with Gasteiger partial charge in [-0.1, -0.05) is 11.6 Å². The maximum absolute atomic E-state index is 11.6. The average molecular weight is 229 g/mol. The Labute approximate surface area is 90.3 Å². The van der Waals surface area contributed by atoms with Crippen LogP contribution in [0.4, 0.5) is 0 Å². The standard InChI is InChI=1S/C9H9ClN2O3/c10-6-3-5(9(14)15)7-4-11-1-2-12(7)8(6)13/h3,11H,1-2,4H2,(H,14,15). The Bertz CT molecular complexity index is 481. The van der Waals surface area contributed by atoms with E-state index in [1.807, 2.05) is 0 Å². The molecule has 5 nitrogen and oxygen atoms in total. The van der Waals surface area contributed by atoms with Crippen LogP contribution in [0.5, 0.6) is 0 Å². The average Bonchev–Trinajstić information content (AvgIpc) is 2.23. The maximum Gasteiger partial charge on any atom is 0.337 e. The lowest BCUT2D eigenvalue weighted by atomic mass is 10.1. The third kappa shape index (κ3) is 1.64. The number of fused-ring (bicyclic) bond motifs is 1. The highest BCUT2D eigenvalue weighted by Gasteiger charge is 2.20. The van der Waals surface area contributed by atoms with Crippen molar-refractivity contribution in [3.8, 4) is 0 Å². The van der Waals surface area contributed by atoms with Gasteiger partial charge in [-0.2, -0.15) is 0 Å². The monoisotopic (exact) mass is 228 g/mol. The minimum atomic E-state index is -1.07. The molecule has 0 amide bonds. The van der Waals surface area contributed by atoms with Crippen LogP contribution in [0.15, 0.2) is 10.9 Å². The quantitative estimate of drug-likeness (QED) is 0.726. The fourth-order valence-electron chi connectivity index (χ4n) is 1.68. The van der Waals surface area contributed by atoms with Crippen LogP contribution in [0.3, 0.4) is 0 Å². The third-order valence-corrected chi connectivity index (χ3v) is 2.66. The van der Waals surface area contributed by atoms with Gasteiger partial charge in [-0.3, -0.25) is 4.79 Å². The van der Waals surface area contributed by atoms with Crippen LogP contribution in [-0.4, -0.2) is 22.2 Å². The molecule has 1 aliphatic rings. The maximum atomic E-state index is 11.6. The second-order valence-electron chi connectivity index (χ2n) is 3.29. The zero-order chi connectivity index (χ0) is 11.0. The first-order valence-electron chi connectivity index (χ1n) is 4.47. The topological polar surface area (TPSA) is 71.3 Å². The minimum absolute atomic E-state index is 0.0435. The summed E-state index contributed by atoms with van der Waals surface area (Å²) in [6.07, 6.45) is 0. The summed E-state index contributed by atoms with van der Waals surface area (Å²) >= 11 is 5.68. The van der Waals surface area contributed by atoms with Crippen LogP contribution in [0, 0.1) is 0 Å². The Morgan fingerprint density at radius 1 is 1.60 bits per heavy atom. The second-order valence-corrected chi connectivity index (χ2v) is 3.70. The van der Waals surface area contributed by atoms with Crippen LogP contribution in [-0.2, 0) is 13.1 Å². The summed E-state index contributed by atoms with van der Waals surface area (Å²) in [7, 11) is 0. The number of aromatic carboxylic acids is 1. The lowest BCUT2D eigenvalue weighted by Crippen LogP contribution is -2.37. The smallest absolute Gasteiger partial charge is 0.337 e. The van der Waals surface area contributed by atoms with Gasteiger partial charge >= 0.3 is 5.97 Å². The van der Waals surface area contributed by atoms with Crippen molar-refractivity contribution in [3.05, 3.63) is 32.7 Å². The molecule has 0 bridgehead atoms. The lowest BCUT2D eigenvalue weighted by Gasteiger charge is -2.21. The van der Waals surface area contributed by atoms with E-state index in [0.29, 0.717) is 25.3 Å². The molecule has 15 heavy (non-hydrogen) atoms. The molecule has 0 atom stereocenters. The van der Waals surface area contributed by atoms with Gasteiger partial charge in [-0.05, 0) is 6.07 Å². The van der Waals surface area contributed by atoms with E-state index < -0.39 is 5.97 Å². The molecule has 0 unspecified atom stereocenters. The van der Waals surface area contributed by atoms with Gasteiger partial charge in [0.05, 0.1) is 5.56 Å². The van der Waals surface area contributed by atoms with Gasteiger partial charge in [0.1, 0.15) is 5.02 Å². The fourth-order valence-corrected chi connectivity index (χ4v) is 1.89. The number of hydrogen-bond acceptors (Lipinski definition) is 3. The zero-order valence-electron chi connectivity index (χ0n) is 7.79. The largest absolute Gasteiger partial charge is 0.478 e. The van der Waals surface area contributed by atoms with E-state index in [2.05, 4.69) is 5.32 Å². The molecule has 1 aliphatic heterocycles. The molecular formula is C9H9ClN2O3. The first-order chi connectivity index (χ1) is 7.11.